The van der Waals surface area contributed by atoms with E-state index in [1.54, 1.807) is 12.1 Å². The molecule has 4 rings (SSSR count). The smallest absolute Gasteiger partial charge is 0.387 e. The highest BCUT2D eigenvalue weighted by Gasteiger charge is 2.27. The van der Waals surface area contributed by atoms with Crippen LogP contribution in [0.5, 0.6) is 11.5 Å². The third-order valence-electron chi connectivity index (χ3n) is 5.43. The minimum absolute atomic E-state index is 0.0837. The predicted octanol–water partition coefficient (Wildman–Crippen LogP) is 5.84. The van der Waals surface area contributed by atoms with Crippen LogP contribution in [0.1, 0.15) is 42.9 Å². The number of alkyl halides is 2. The molecule has 2 heterocycles. The normalized spacial score (nSPS) is 16.5. The van der Waals surface area contributed by atoms with E-state index in [0.29, 0.717) is 52.4 Å². The van der Waals surface area contributed by atoms with Gasteiger partial charge in [0.05, 0.1) is 16.7 Å². The number of halogens is 4. The maximum Gasteiger partial charge on any atom is 0.387 e. The van der Waals surface area contributed by atoms with Gasteiger partial charge in [0, 0.05) is 25.4 Å². The molecule has 1 aromatic carbocycles. The summed E-state index contributed by atoms with van der Waals surface area (Å²) in [5.41, 5.74) is 1.45. The molecule has 0 bridgehead atoms. The van der Waals surface area contributed by atoms with Crippen LogP contribution in [-0.2, 0) is 16.0 Å². The van der Waals surface area contributed by atoms with Crippen LogP contribution in [0.15, 0.2) is 35.6 Å². The van der Waals surface area contributed by atoms with Crippen LogP contribution in [0.3, 0.4) is 0 Å². The van der Waals surface area contributed by atoms with Crippen molar-refractivity contribution in [3.8, 4) is 11.5 Å². The second kappa shape index (κ2) is 10.7. The Bertz CT molecular complexity index is 1030. The second-order valence-corrected chi connectivity index (χ2v) is 8.77. The Morgan fingerprint density at radius 2 is 1.91 bits per heavy atom. The van der Waals surface area contributed by atoms with Crippen molar-refractivity contribution in [3.63, 3.8) is 0 Å². The van der Waals surface area contributed by atoms with Crippen molar-refractivity contribution in [3.05, 3.63) is 51.8 Å². The van der Waals surface area contributed by atoms with Crippen molar-refractivity contribution in [2.75, 3.05) is 13.2 Å². The molecule has 0 radical (unpaired) electrons. The van der Waals surface area contributed by atoms with Crippen molar-refractivity contribution in [1.82, 2.24) is 4.98 Å². The SMILES string of the molecule is O=C(O[C@@H](Cc1c(Cl)cncc1Cl)c1ccc(OC(F)F)c(OCC2CC2)c1)C1=NCCC1. The molecule has 1 aliphatic heterocycles. The molecule has 0 amide bonds. The third kappa shape index (κ3) is 6.32. The lowest BCUT2D eigenvalue weighted by Gasteiger charge is -2.21. The van der Waals surface area contributed by atoms with Gasteiger partial charge in [-0.2, -0.15) is 8.78 Å². The summed E-state index contributed by atoms with van der Waals surface area (Å²) in [5, 5.41) is 0.647. The highest BCUT2D eigenvalue weighted by Crippen LogP contribution is 2.38. The summed E-state index contributed by atoms with van der Waals surface area (Å²) in [6.07, 6.45) is 5.63. The van der Waals surface area contributed by atoms with Gasteiger partial charge >= 0.3 is 12.6 Å². The summed E-state index contributed by atoms with van der Waals surface area (Å²) in [4.78, 5) is 20.9. The molecule has 1 aliphatic carbocycles. The Morgan fingerprint density at radius 3 is 2.55 bits per heavy atom. The number of carbonyl (C=O) groups excluding carboxylic acids is 1. The zero-order valence-corrected chi connectivity index (χ0v) is 19.1. The van der Waals surface area contributed by atoms with Gasteiger partial charge in [0.2, 0.25) is 0 Å². The number of ether oxygens (including phenoxy) is 3. The van der Waals surface area contributed by atoms with Gasteiger partial charge < -0.3 is 14.2 Å². The molecule has 6 nitrogen and oxygen atoms in total. The molecule has 0 spiro atoms. The fourth-order valence-corrected chi connectivity index (χ4v) is 3.99. The number of pyridine rings is 1. The Kier molecular flexibility index (Phi) is 7.65. The Morgan fingerprint density at radius 1 is 1.15 bits per heavy atom. The molecule has 1 aromatic heterocycles. The summed E-state index contributed by atoms with van der Waals surface area (Å²) < 4.78 is 42.0. The quantitative estimate of drug-likeness (QED) is 0.384. The summed E-state index contributed by atoms with van der Waals surface area (Å²) in [5.74, 6) is -0.0610. The Hall–Kier alpha value is -2.45. The number of carbonyl (C=O) groups is 1. The van der Waals surface area contributed by atoms with Crippen molar-refractivity contribution in [2.45, 2.75) is 44.8 Å². The fourth-order valence-electron chi connectivity index (χ4n) is 3.47. The lowest BCUT2D eigenvalue weighted by Crippen LogP contribution is -2.20. The van der Waals surface area contributed by atoms with Crippen LogP contribution in [0, 0.1) is 5.92 Å². The first-order valence-corrected chi connectivity index (χ1v) is 11.4. The van der Waals surface area contributed by atoms with Crippen molar-refractivity contribution in [2.24, 2.45) is 10.9 Å². The zero-order valence-electron chi connectivity index (χ0n) is 17.6. The monoisotopic (exact) mass is 498 g/mol. The molecule has 1 saturated carbocycles. The second-order valence-electron chi connectivity index (χ2n) is 7.95. The van der Waals surface area contributed by atoms with Gasteiger partial charge in [-0.3, -0.25) is 9.98 Å². The van der Waals surface area contributed by atoms with Crippen molar-refractivity contribution >= 4 is 34.9 Å². The zero-order chi connectivity index (χ0) is 23.4. The highest BCUT2D eigenvalue weighted by atomic mass is 35.5. The molecular formula is C23H22Cl2F2N2O4. The fraction of sp³-hybridized carbons (Fsp3) is 0.435. The Balaban J connectivity index is 1.65. The van der Waals surface area contributed by atoms with Gasteiger partial charge in [0.25, 0.3) is 0 Å². The number of rotatable bonds is 10. The largest absolute Gasteiger partial charge is 0.489 e. The topological polar surface area (TPSA) is 70.0 Å². The van der Waals surface area contributed by atoms with Crippen LogP contribution in [0.25, 0.3) is 0 Å². The van der Waals surface area contributed by atoms with E-state index in [4.69, 9.17) is 32.7 Å². The standard InChI is InChI=1S/C23H22Cl2F2N2O4/c24-16-10-28-11-17(25)15(16)9-20(32-22(30)18-2-1-7-29-18)14-5-6-19(33-23(26)27)21(8-14)31-12-13-3-4-13/h5-6,8,10-11,13,20,23H,1-4,7,9,12H2/t20-/m0/s1. The van der Waals surface area contributed by atoms with Crippen molar-refractivity contribution in [1.29, 1.82) is 0 Å². The van der Waals surface area contributed by atoms with Crippen LogP contribution < -0.4 is 9.47 Å². The maximum atomic E-state index is 12.9. The lowest BCUT2D eigenvalue weighted by atomic mass is 10.0. The number of hydrogen-bond donors (Lipinski definition) is 0. The number of nitrogens with zero attached hydrogens (tertiary/aromatic N) is 2. The highest BCUT2D eigenvalue weighted by molar-refractivity contribution is 6.37. The maximum absolute atomic E-state index is 12.9. The van der Waals surface area contributed by atoms with Crippen LogP contribution in [0.4, 0.5) is 8.78 Å². The van der Waals surface area contributed by atoms with Gasteiger partial charge in [0.1, 0.15) is 11.8 Å². The molecule has 1 fully saturated rings. The molecule has 176 valence electrons. The van der Waals surface area contributed by atoms with E-state index in [9.17, 15) is 13.6 Å². The van der Waals surface area contributed by atoms with Crippen LogP contribution in [0.2, 0.25) is 10.0 Å². The average molecular weight is 499 g/mol. The van der Waals surface area contributed by atoms with E-state index >= 15 is 0 Å². The Labute approximate surface area is 199 Å². The van der Waals surface area contributed by atoms with Gasteiger partial charge in [0.15, 0.2) is 11.5 Å². The first-order chi connectivity index (χ1) is 15.9. The number of aromatic nitrogens is 1. The lowest BCUT2D eigenvalue weighted by molar-refractivity contribution is -0.141. The summed E-state index contributed by atoms with van der Waals surface area (Å²) in [7, 11) is 0. The number of benzene rings is 1. The molecule has 0 saturated heterocycles. The molecule has 2 aliphatic rings. The first-order valence-electron chi connectivity index (χ1n) is 10.6. The molecule has 0 unspecified atom stereocenters. The molecule has 33 heavy (non-hydrogen) atoms. The van der Waals surface area contributed by atoms with E-state index in [0.717, 1.165) is 19.3 Å². The summed E-state index contributed by atoms with van der Waals surface area (Å²) >= 11 is 12.6. The number of esters is 1. The van der Waals surface area contributed by atoms with E-state index < -0.39 is 18.7 Å². The van der Waals surface area contributed by atoms with Crippen molar-refractivity contribution < 1.29 is 27.8 Å². The van der Waals surface area contributed by atoms with E-state index in [1.807, 2.05) is 0 Å². The molecule has 0 N–H and O–H groups in total. The predicted molar refractivity (Wildman–Crippen MR) is 120 cm³/mol. The molecule has 1 atom stereocenters. The number of aliphatic imine (C=N–C) groups is 1. The third-order valence-corrected chi connectivity index (χ3v) is 6.08. The molecule has 10 heteroatoms. The van der Waals surface area contributed by atoms with E-state index in [-0.39, 0.29) is 17.9 Å². The number of hydrogen-bond acceptors (Lipinski definition) is 6. The molecule has 2 aromatic rings. The summed E-state index contributed by atoms with van der Waals surface area (Å²) in [6.45, 7) is -2.02. The van der Waals surface area contributed by atoms with E-state index in [1.165, 1.54) is 18.5 Å². The van der Waals surface area contributed by atoms with E-state index in [2.05, 4.69) is 14.7 Å². The minimum atomic E-state index is -3.00. The molecular weight excluding hydrogens is 477 g/mol. The average Bonchev–Trinajstić information content (AvgIpc) is 3.44. The first kappa shape index (κ1) is 23.7. The van der Waals surface area contributed by atoms with Crippen LogP contribution in [-0.4, -0.2) is 36.4 Å². The van der Waals surface area contributed by atoms with Gasteiger partial charge in [-0.25, -0.2) is 4.79 Å². The van der Waals surface area contributed by atoms with Gasteiger partial charge in [-0.15, -0.1) is 0 Å². The van der Waals surface area contributed by atoms with Crippen LogP contribution >= 0.6 is 23.2 Å². The van der Waals surface area contributed by atoms with Gasteiger partial charge in [-0.05, 0) is 54.9 Å². The minimum Gasteiger partial charge on any atom is -0.489 e. The summed E-state index contributed by atoms with van der Waals surface area (Å²) in [6, 6.07) is 4.49. The van der Waals surface area contributed by atoms with Gasteiger partial charge in [-0.1, -0.05) is 29.3 Å².